The van der Waals surface area contributed by atoms with E-state index in [-0.39, 0.29) is 12.8 Å². The molecule has 1 aromatic heterocycles. The summed E-state index contributed by atoms with van der Waals surface area (Å²) in [6, 6.07) is 8.14. The number of aromatic nitrogens is 1. The zero-order chi connectivity index (χ0) is 14.3. The Bertz CT molecular complexity index is 697. The Morgan fingerprint density at radius 2 is 2.20 bits per heavy atom. The molecule has 0 radical (unpaired) electrons. The highest BCUT2D eigenvalue weighted by molar-refractivity contribution is 7.71. The van der Waals surface area contributed by atoms with Crippen LogP contribution in [-0.4, -0.2) is 33.6 Å². The fraction of sp³-hybridized carbons (Fsp3) is 0.400. The van der Waals surface area contributed by atoms with Crippen LogP contribution < -0.4 is 0 Å². The fourth-order valence-corrected chi connectivity index (χ4v) is 3.02. The van der Waals surface area contributed by atoms with Gasteiger partial charge in [-0.1, -0.05) is 36.0 Å². The van der Waals surface area contributed by atoms with Gasteiger partial charge in [0.05, 0.1) is 12.7 Å². The largest absolute Gasteiger partial charge is 0.394 e. The number of ether oxygens (including phenoxy) is 1. The summed E-state index contributed by atoms with van der Waals surface area (Å²) in [6.07, 6.45) is 0.828. The Kier molecular flexibility index (Phi) is 3.60. The number of nitrogens with zero attached hydrogens (tertiary/aromatic N) is 1. The van der Waals surface area contributed by atoms with Gasteiger partial charge in [0.2, 0.25) is 0 Å². The SMILES string of the molecule is Cc1ccc2c(=S)n(C3C[C@@H](O)C(CO)O3)ccc2c1. The highest BCUT2D eigenvalue weighted by Crippen LogP contribution is 2.30. The van der Waals surface area contributed by atoms with Crippen molar-refractivity contribution in [2.75, 3.05) is 6.61 Å². The molecular formula is C15H17NO3S. The number of aliphatic hydroxyl groups excluding tert-OH is 2. The van der Waals surface area contributed by atoms with Crippen molar-refractivity contribution in [3.63, 3.8) is 0 Å². The number of hydrogen-bond acceptors (Lipinski definition) is 4. The first-order valence-electron chi connectivity index (χ1n) is 6.66. The zero-order valence-corrected chi connectivity index (χ0v) is 12.0. The van der Waals surface area contributed by atoms with Crippen molar-refractivity contribution in [1.82, 2.24) is 4.57 Å². The minimum atomic E-state index is -0.652. The molecule has 2 heterocycles. The summed E-state index contributed by atoms with van der Waals surface area (Å²) in [5, 5.41) is 21.1. The molecule has 3 atom stereocenters. The predicted molar refractivity (Wildman–Crippen MR) is 79.1 cm³/mol. The van der Waals surface area contributed by atoms with E-state index in [1.807, 2.05) is 35.9 Å². The van der Waals surface area contributed by atoms with E-state index in [9.17, 15) is 5.11 Å². The van der Waals surface area contributed by atoms with Crippen molar-refractivity contribution in [2.45, 2.75) is 31.8 Å². The van der Waals surface area contributed by atoms with Crippen LogP contribution in [0.25, 0.3) is 10.8 Å². The Hall–Kier alpha value is -1.27. The number of aryl methyl sites for hydroxylation is 1. The summed E-state index contributed by atoms with van der Waals surface area (Å²) < 4.78 is 8.20. The molecule has 1 aromatic carbocycles. The van der Waals surface area contributed by atoms with Gasteiger partial charge in [0.15, 0.2) is 0 Å². The molecule has 2 aromatic rings. The number of pyridine rings is 1. The topological polar surface area (TPSA) is 54.6 Å². The number of rotatable bonds is 2. The third-order valence-electron chi connectivity index (χ3n) is 3.78. The normalized spacial score (nSPS) is 26.2. The average Bonchev–Trinajstić information content (AvgIpc) is 2.80. The van der Waals surface area contributed by atoms with Crippen molar-refractivity contribution in [3.05, 3.63) is 40.7 Å². The molecular weight excluding hydrogens is 274 g/mol. The van der Waals surface area contributed by atoms with E-state index in [4.69, 9.17) is 22.1 Å². The molecule has 2 unspecified atom stereocenters. The minimum absolute atomic E-state index is 0.183. The van der Waals surface area contributed by atoms with E-state index in [1.165, 1.54) is 5.56 Å². The smallest absolute Gasteiger partial charge is 0.137 e. The molecule has 0 bridgehead atoms. The Labute approximate surface area is 122 Å². The van der Waals surface area contributed by atoms with Crippen LogP contribution in [0, 0.1) is 11.6 Å². The van der Waals surface area contributed by atoms with Gasteiger partial charge in [-0.3, -0.25) is 0 Å². The lowest BCUT2D eigenvalue weighted by Gasteiger charge is -2.17. The molecule has 0 spiro atoms. The highest BCUT2D eigenvalue weighted by Gasteiger charge is 2.34. The summed E-state index contributed by atoms with van der Waals surface area (Å²) in [5.74, 6) is 0. The summed E-state index contributed by atoms with van der Waals surface area (Å²) >= 11 is 5.53. The van der Waals surface area contributed by atoms with Gasteiger partial charge in [-0.2, -0.15) is 0 Å². The molecule has 0 aliphatic carbocycles. The summed E-state index contributed by atoms with van der Waals surface area (Å²) in [4.78, 5) is 0. The van der Waals surface area contributed by atoms with E-state index in [0.29, 0.717) is 11.1 Å². The Morgan fingerprint density at radius 1 is 1.40 bits per heavy atom. The zero-order valence-electron chi connectivity index (χ0n) is 11.2. The van der Waals surface area contributed by atoms with Crippen LogP contribution in [0.3, 0.4) is 0 Å². The predicted octanol–water partition coefficient (Wildman–Crippen LogP) is 2.32. The molecule has 1 aliphatic rings. The summed E-state index contributed by atoms with van der Waals surface area (Å²) in [5.41, 5.74) is 1.19. The fourth-order valence-electron chi connectivity index (χ4n) is 2.66. The van der Waals surface area contributed by atoms with E-state index in [0.717, 1.165) is 10.8 Å². The molecule has 5 heteroatoms. The molecule has 20 heavy (non-hydrogen) atoms. The van der Waals surface area contributed by atoms with Crippen LogP contribution in [0.1, 0.15) is 18.2 Å². The maximum atomic E-state index is 9.83. The second kappa shape index (κ2) is 5.26. The van der Waals surface area contributed by atoms with Gasteiger partial charge < -0.3 is 19.5 Å². The lowest BCUT2D eigenvalue weighted by Crippen LogP contribution is -2.24. The van der Waals surface area contributed by atoms with Crippen LogP contribution in [-0.2, 0) is 4.74 Å². The van der Waals surface area contributed by atoms with Crippen LogP contribution in [0.5, 0.6) is 0 Å². The number of fused-ring (bicyclic) bond motifs is 1. The average molecular weight is 291 g/mol. The molecule has 106 valence electrons. The maximum absolute atomic E-state index is 9.83. The lowest BCUT2D eigenvalue weighted by molar-refractivity contribution is -0.0447. The van der Waals surface area contributed by atoms with Crippen LogP contribution in [0.15, 0.2) is 30.5 Å². The van der Waals surface area contributed by atoms with Gasteiger partial charge in [0, 0.05) is 18.0 Å². The van der Waals surface area contributed by atoms with Crippen LogP contribution in [0.4, 0.5) is 0 Å². The Balaban J connectivity index is 2.03. The first-order valence-corrected chi connectivity index (χ1v) is 7.07. The van der Waals surface area contributed by atoms with E-state index < -0.39 is 12.2 Å². The first kappa shape index (κ1) is 13.7. The quantitative estimate of drug-likeness (QED) is 0.834. The lowest BCUT2D eigenvalue weighted by atomic mass is 10.1. The molecule has 4 nitrogen and oxygen atoms in total. The molecule has 1 fully saturated rings. The van der Waals surface area contributed by atoms with Crippen molar-refractivity contribution in [1.29, 1.82) is 0 Å². The van der Waals surface area contributed by atoms with Gasteiger partial charge in [0.1, 0.15) is 17.0 Å². The van der Waals surface area contributed by atoms with Gasteiger partial charge in [-0.05, 0) is 18.4 Å². The molecule has 1 saturated heterocycles. The molecule has 0 amide bonds. The standard InChI is InChI=1S/C15H17NO3S/c1-9-2-3-11-10(6-9)4-5-16(15(11)20)14-7-12(18)13(8-17)19-14/h2-6,12-14,17-18H,7-8H2,1H3/t12-,13?,14?/m1/s1. The molecule has 0 saturated carbocycles. The van der Waals surface area contributed by atoms with Gasteiger partial charge >= 0.3 is 0 Å². The molecule has 3 rings (SSSR count). The first-order chi connectivity index (χ1) is 9.60. The molecule has 2 N–H and O–H groups in total. The van der Waals surface area contributed by atoms with Gasteiger partial charge in [-0.15, -0.1) is 0 Å². The maximum Gasteiger partial charge on any atom is 0.137 e. The van der Waals surface area contributed by atoms with Crippen molar-refractivity contribution in [2.24, 2.45) is 0 Å². The molecule has 1 aliphatic heterocycles. The number of benzene rings is 1. The van der Waals surface area contributed by atoms with Gasteiger partial charge in [-0.25, -0.2) is 0 Å². The van der Waals surface area contributed by atoms with Gasteiger partial charge in [0.25, 0.3) is 0 Å². The van der Waals surface area contributed by atoms with E-state index >= 15 is 0 Å². The third kappa shape index (κ3) is 2.27. The van der Waals surface area contributed by atoms with E-state index in [1.54, 1.807) is 0 Å². The second-order valence-corrected chi connectivity index (χ2v) is 5.62. The minimum Gasteiger partial charge on any atom is -0.394 e. The summed E-state index contributed by atoms with van der Waals surface area (Å²) in [7, 11) is 0. The number of hydrogen-bond donors (Lipinski definition) is 2. The number of aliphatic hydroxyl groups is 2. The van der Waals surface area contributed by atoms with Crippen molar-refractivity contribution < 1.29 is 14.9 Å². The van der Waals surface area contributed by atoms with Crippen LogP contribution in [0.2, 0.25) is 0 Å². The third-order valence-corrected chi connectivity index (χ3v) is 4.21. The summed E-state index contributed by atoms with van der Waals surface area (Å²) in [6.45, 7) is 1.86. The van der Waals surface area contributed by atoms with Crippen LogP contribution >= 0.6 is 12.2 Å². The van der Waals surface area contributed by atoms with Crippen molar-refractivity contribution >= 4 is 23.0 Å². The Morgan fingerprint density at radius 3 is 2.90 bits per heavy atom. The second-order valence-electron chi connectivity index (χ2n) is 5.23. The monoisotopic (exact) mass is 291 g/mol. The van der Waals surface area contributed by atoms with Crippen molar-refractivity contribution in [3.8, 4) is 0 Å². The highest BCUT2D eigenvalue weighted by atomic mass is 32.1. The van der Waals surface area contributed by atoms with E-state index in [2.05, 4.69) is 6.07 Å².